The molecule has 0 saturated heterocycles. The number of para-hydroxylation sites is 1. The Morgan fingerprint density at radius 3 is 2.41 bits per heavy atom. The maximum Gasteiger partial charge on any atom is 0.147 e. The summed E-state index contributed by atoms with van der Waals surface area (Å²) in [7, 11) is 1.62. The van der Waals surface area contributed by atoms with Gasteiger partial charge < -0.3 is 4.74 Å². The summed E-state index contributed by atoms with van der Waals surface area (Å²) in [6.07, 6.45) is 1.33. The van der Waals surface area contributed by atoms with Gasteiger partial charge in [0.15, 0.2) is 0 Å². The number of aromatic nitrogens is 2. The summed E-state index contributed by atoms with van der Waals surface area (Å²) >= 11 is 13.3. The molecule has 0 unspecified atom stereocenters. The SMILES string of the molecule is COc1ccccc1Sc1c(Cl)ncnc1Cl. The highest BCUT2D eigenvalue weighted by Crippen LogP contribution is 2.40. The van der Waals surface area contributed by atoms with Crippen LogP contribution in [0.5, 0.6) is 5.75 Å². The van der Waals surface area contributed by atoms with Gasteiger partial charge in [-0.1, -0.05) is 47.1 Å². The number of hydrogen-bond acceptors (Lipinski definition) is 4. The molecule has 1 aromatic heterocycles. The highest BCUT2D eigenvalue weighted by Gasteiger charge is 2.12. The van der Waals surface area contributed by atoms with Gasteiger partial charge in [0.05, 0.1) is 16.9 Å². The van der Waals surface area contributed by atoms with Crippen LogP contribution in [-0.2, 0) is 0 Å². The fraction of sp³-hybridized carbons (Fsp3) is 0.0909. The molecule has 0 amide bonds. The molecular weight excluding hydrogens is 279 g/mol. The van der Waals surface area contributed by atoms with Gasteiger partial charge in [-0.15, -0.1) is 0 Å². The maximum absolute atomic E-state index is 5.98. The molecule has 0 spiro atoms. The largest absolute Gasteiger partial charge is 0.496 e. The molecular formula is C11H8Cl2N2OS. The van der Waals surface area contributed by atoms with Gasteiger partial charge in [0.1, 0.15) is 22.4 Å². The monoisotopic (exact) mass is 286 g/mol. The Kier molecular flexibility index (Phi) is 4.10. The van der Waals surface area contributed by atoms with Crippen LogP contribution in [0.3, 0.4) is 0 Å². The Morgan fingerprint density at radius 1 is 1.12 bits per heavy atom. The molecule has 0 N–H and O–H groups in total. The van der Waals surface area contributed by atoms with E-state index >= 15 is 0 Å². The van der Waals surface area contributed by atoms with E-state index in [1.54, 1.807) is 7.11 Å². The zero-order valence-electron chi connectivity index (χ0n) is 8.85. The van der Waals surface area contributed by atoms with Gasteiger partial charge in [-0.2, -0.15) is 0 Å². The van der Waals surface area contributed by atoms with E-state index in [-0.39, 0.29) is 0 Å². The van der Waals surface area contributed by atoms with Gasteiger partial charge in [0, 0.05) is 0 Å². The summed E-state index contributed by atoms with van der Waals surface area (Å²) in [6.45, 7) is 0. The highest BCUT2D eigenvalue weighted by molar-refractivity contribution is 7.99. The predicted molar refractivity (Wildman–Crippen MR) is 69.2 cm³/mol. The van der Waals surface area contributed by atoms with E-state index in [1.807, 2.05) is 24.3 Å². The number of methoxy groups -OCH3 is 1. The number of nitrogens with zero attached hydrogens (tertiary/aromatic N) is 2. The Labute approximate surface area is 113 Å². The Morgan fingerprint density at radius 2 is 1.76 bits per heavy atom. The predicted octanol–water partition coefficient (Wildman–Crippen LogP) is 3.94. The highest BCUT2D eigenvalue weighted by atomic mass is 35.5. The van der Waals surface area contributed by atoms with Crippen molar-refractivity contribution in [1.29, 1.82) is 0 Å². The van der Waals surface area contributed by atoms with Crippen LogP contribution in [0.15, 0.2) is 40.4 Å². The zero-order chi connectivity index (χ0) is 12.3. The van der Waals surface area contributed by atoms with Crippen LogP contribution in [-0.4, -0.2) is 17.1 Å². The Hall–Kier alpha value is -0.970. The lowest BCUT2D eigenvalue weighted by atomic mass is 10.3. The number of hydrogen-bond donors (Lipinski definition) is 0. The van der Waals surface area contributed by atoms with Crippen molar-refractivity contribution < 1.29 is 4.74 Å². The van der Waals surface area contributed by atoms with Gasteiger partial charge in [-0.05, 0) is 12.1 Å². The third kappa shape index (κ3) is 2.83. The van der Waals surface area contributed by atoms with Crippen LogP contribution in [0, 0.1) is 0 Å². The third-order valence-electron chi connectivity index (χ3n) is 2.00. The summed E-state index contributed by atoms with van der Waals surface area (Å²) in [4.78, 5) is 9.34. The lowest BCUT2D eigenvalue weighted by molar-refractivity contribution is 0.405. The van der Waals surface area contributed by atoms with E-state index < -0.39 is 0 Å². The molecule has 0 aliphatic rings. The van der Waals surface area contributed by atoms with Crippen LogP contribution in [0.2, 0.25) is 10.3 Å². The Balaban J connectivity index is 2.38. The standard InChI is InChI=1S/C11H8Cl2N2OS/c1-16-7-4-2-3-5-8(7)17-9-10(12)14-6-15-11(9)13/h2-6H,1H3. The molecule has 3 nitrogen and oxygen atoms in total. The summed E-state index contributed by atoms with van der Waals surface area (Å²) in [6, 6.07) is 7.60. The maximum atomic E-state index is 5.98. The topological polar surface area (TPSA) is 35.0 Å². The smallest absolute Gasteiger partial charge is 0.147 e. The molecule has 0 fully saturated rings. The molecule has 6 heteroatoms. The molecule has 0 aliphatic carbocycles. The summed E-state index contributed by atoms with van der Waals surface area (Å²) in [5, 5.41) is 0.668. The first-order chi connectivity index (χ1) is 8.22. The molecule has 0 aliphatic heterocycles. The first kappa shape index (κ1) is 12.5. The average molecular weight is 287 g/mol. The second-order valence-electron chi connectivity index (χ2n) is 3.04. The second-order valence-corrected chi connectivity index (χ2v) is 4.81. The van der Waals surface area contributed by atoms with E-state index in [0.717, 1.165) is 10.6 Å². The quantitative estimate of drug-likeness (QED) is 0.801. The molecule has 0 saturated carbocycles. The fourth-order valence-electron chi connectivity index (χ4n) is 1.23. The summed E-state index contributed by atoms with van der Waals surface area (Å²) < 4.78 is 5.25. The van der Waals surface area contributed by atoms with Gasteiger partial charge in [-0.25, -0.2) is 9.97 Å². The van der Waals surface area contributed by atoms with Crippen LogP contribution in [0.25, 0.3) is 0 Å². The molecule has 1 aromatic carbocycles. The van der Waals surface area contributed by atoms with E-state index in [1.165, 1.54) is 18.1 Å². The van der Waals surface area contributed by atoms with E-state index in [4.69, 9.17) is 27.9 Å². The van der Waals surface area contributed by atoms with Crippen molar-refractivity contribution in [2.75, 3.05) is 7.11 Å². The molecule has 1 heterocycles. The van der Waals surface area contributed by atoms with Crippen molar-refractivity contribution in [2.45, 2.75) is 9.79 Å². The van der Waals surface area contributed by atoms with Crippen molar-refractivity contribution in [1.82, 2.24) is 9.97 Å². The van der Waals surface area contributed by atoms with Crippen LogP contribution < -0.4 is 4.74 Å². The van der Waals surface area contributed by atoms with Gasteiger partial charge in [0.2, 0.25) is 0 Å². The van der Waals surface area contributed by atoms with Crippen molar-refractivity contribution in [3.8, 4) is 5.75 Å². The molecule has 0 atom stereocenters. The minimum Gasteiger partial charge on any atom is -0.496 e. The van der Waals surface area contributed by atoms with Crippen molar-refractivity contribution in [3.63, 3.8) is 0 Å². The molecule has 0 radical (unpaired) electrons. The van der Waals surface area contributed by atoms with E-state index in [2.05, 4.69) is 9.97 Å². The molecule has 17 heavy (non-hydrogen) atoms. The number of halogens is 2. The number of ether oxygens (including phenoxy) is 1. The average Bonchev–Trinajstić information content (AvgIpc) is 2.34. The number of rotatable bonds is 3. The fourth-order valence-corrected chi connectivity index (χ4v) is 2.67. The summed E-state index contributed by atoms with van der Waals surface area (Å²) in [5.41, 5.74) is 0. The van der Waals surface area contributed by atoms with Crippen LogP contribution in [0.4, 0.5) is 0 Å². The van der Waals surface area contributed by atoms with Gasteiger partial charge in [0.25, 0.3) is 0 Å². The number of benzene rings is 1. The summed E-state index contributed by atoms with van der Waals surface area (Å²) in [5.74, 6) is 0.758. The first-order valence-corrected chi connectivity index (χ1v) is 6.26. The molecule has 2 rings (SSSR count). The zero-order valence-corrected chi connectivity index (χ0v) is 11.2. The van der Waals surface area contributed by atoms with Gasteiger partial charge >= 0.3 is 0 Å². The van der Waals surface area contributed by atoms with Crippen LogP contribution >= 0.6 is 35.0 Å². The van der Waals surface area contributed by atoms with Crippen molar-refractivity contribution >= 4 is 35.0 Å². The molecule has 2 aromatic rings. The van der Waals surface area contributed by atoms with E-state index in [9.17, 15) is 0 Å². The van der Waals surface area contributed by atoms with Crippen molar-refractivity contribution in [3.05, 3.63) is 40.9 Å². The van der Waals surface area contributed by atoms with Crippen molar-refractivity contribution in [2.24, 2.45) is 0 Å². The first-order valence-electron chi connectivity index (χ1n) is 4.69. The molecule has 0 bridgehead atoms. The minimum absolute atomic E-state index is 0.334. The normalized spacial score (nSPS) is 10.3. The Bertz CT molecular complexity index is 516. The third-order valence-corrected chi connectivity index (χ3v) is 3.94. The molecule has 88 valence electrons. The minimum atomic E-state index is 0.334. The van der Waals surface area contributed by atoms with Crippen LogP contribution in [0.1, 0.15) is 0 Å². The van der Waals surface area contributed by atoms with Gasteiger partial charge in [-0.3, -0.25) is 0 Å². The van der Waals surface area contributed by atoms with E-state index in [0.29, 0.717) is 15.2 Å². The lowest BCUT2D eigenvalue weighted by Crippen LogP contribution is -1.88. The lowest BCUT2D eigenvalue weighted by Gasteiger charge is -2.08. The second kappa shape index (κ2) is 5.58.